The summed E-state index contributed by atoms with van der Waals surface area (Å²) in [6, 6.07) is 7.86. The van der Waals surface area contributed by atoms with Gasteiger partial charge in [0.25, 0.3) is 0 Å². The van der Waals surface area contributed by atoms with Gasteiger partial charge in [-0.1, -0.05) is 23.7 Å². The van der Waals surface area contributed by atoms with Gasteiger partial charge in [-0.2, -0.15) is 0 Å². The van der Waals surface area contributed by atoms with Crippen molar-refractivity contribution in [3.8, 4) is 0 Å². The van der Waals surface area contributed by atoms with Crippen molar-refractivity contribution >= 4 is 29.9 Å². The fourth-order valence-corrected chi connectivity index (χ4v) is 2.77. The summed E-state index contributed by atoms with van der Waals surface area (Å²) in [5.41, 5.74) is 0.408. The van der Waals surface area contributed by atoms with E-state index in [9.17, 15) is 4.79 Å². The first kappa shape index (κ1) is 17.3. The van der Waals surface area contributed by atoms with Crippen LogP contribution in [0.2, 0.25) is 5.02 Å². The van der Waals surface area contributed by atoms with Crippen LogP contribution in [0.25, 0.3) is 0 Å². The van der Waals surface area contributed by atoms with Crippen molar-refractivity contribution in [2.24, 2.45) is 0 Å². The number of halogens is 2. The van der Waals surface area contributed by atoms with Gasteiger partial charge in [-0.05, 0) is 44.5 Å². The van der Waals surface area contributed by atoms with Gasteiger partial charge < -0.3 is 10.2 Å². The normalized spacial score (nSPS) is 18.5. The van der Waals surface area contributed by atoms with Crippen molar-refractivity contribution in [2.45, 2.75) is 31.7 Å². The van der Waals surface area contributed by atoms with E-state index in [1.807, 2.05) is 50.1 Å². The maximum Gasteiger partial charge on any atom is 0.232 e. The fraction of sp³-hybridized carbons (Fsp3) is 0.533. The summed E-state index contributed by atoms with van der Waals surface area (Å²) in [6.07, 6.45) is 1.02. The predicted octanol–water partition coefficient (Wildman–Crippen LogP) is 2.86. The fourth-order valence-electron chi connectivity index (χ4n) is 2.58. The Kier molecular flexibility index (Phi) is 5.87. The molecule has 112 valence electrons. The molecule has 3 nitrogen and oxygen atoms in total. The third kappa shape index (κ3) is 3.46. The molecule has 1 saturated heterocycles. The zero-order valence-corrected chi connectivity index (χ0v) is 13.7. The van der Waals surface area contributed by atoms with Crippen LogP contribution < -0.4 is 5.32 Å². The minimum atomic E-state index is -0.553. The SMILES string of the molecule is CN(C(=O)C(C)(C)c1cccc(Cl)c1)C1CCNC1.Cl. The summed E-state index contributed by atoms with van der Waals surface area (Å²) in [5.74, 6) is 0.142. The molecule has 2 rings (SSSR count). The molecule has 0 radical (unpaired) electrons. The van der Waals surface area contributed by atoms with Gasteiger partial charge in [-0.15, -0.1) is 12.4 Å². The number of rotatable bonds is 3. The van der Waals surface area contributed by atoms with Crippen molar-refractivity contribution in [3.05, 3.63) is 34.9 Å². The second-order valence-electron chi connectivity index (χ2n) is 5.70. The first-order valence-corrected chi connectivity index (χ1v) is 7.05. The van der Waals surface area contributed by atoms with Crippen LogP contribution in [0.1, 0.15) is 25.8 Å². The van der Waals surface area contributed by atoms with E-state index < -0.39 is 5.41 Å². The second-order valence-corrected chi connectivity index (χ2v) is 6.13. The van der Waals surface area contributed by atoms with Crippen LogP contribution in [0.15, 0.2) is 24.3 Å². The van der Waals surface area contributed by atoms with E-state index in [-0.39, 0.29) is 18.3 Å². The monoisotopic (exact) mass is 316 g/mol. The number of amides is 1. The van der Waals surface area contributed by atoms with Gasteiger partial charge in [0.05, 0.1) is 5.41 Å². The van der Waals surface area contributed by atoms with E-state index in [0.29, 0.717) is 11.1 Å². The van der Waals surface area contributed by atoms with Crippen LogP contribution in [0.4, 0.5) is 0 Å². The van der Waals surface area contributed by atoms with Crippen LogP contribution >= 0.6 is 24.0 Å². The van der Waals surface area contributed by atoms with Crippen LogP contribution in [0, 0.1) is 0 Å². The molecule has 20 heavy (non-hydrogen) atoms. The summed E-state index contributed by atoms with van der Waals surface area (Å²) in [6.45, 7) is 5.79. The van der Waals surface area contributed by atoms with E-state index in [1.54, 1.807) is 0 Å². The van der Waals surface area contributed by atoms with E-state index >= 15 is 0 Å². The third-order valence-corrected chi connectivity index (χ3v) is 4.22. The zero-order chi connectivity index (χ0) is 14.0. The highest BCUT2D eigenvalue weighted by molar-refractivity contribution is 6.30. The Labute approximate surface area is 132 Å². The lowest BCUT2D eigenvalue weighted by atomic mass is 9.83. The van der Waals surface area contributed by atoms with E-state index in [2.05, 4.69) is 5.32 Å². The van der Waals surface area contributed by atoms with Gasteiger partial charge in [-0.3, -0.25) is 4.79 Å². The van der Waals surface area contributed by atoms with Crippen LogP contribution in [0.3, 0.4) is 0 Å². The molecule has 0 saturated carbocycles. The highest BCUT2D eigenvalue weighted by Gasteiger charge is 2.35. The highest BCUT2D eigenvalue weighted by Crippen LogP contribution is 2.28. The maximum atomic E-state index is 12.7. The van der Waals surface area contributed by atoms with Crippen molar-refractivity contribution in [3.63, 3.8) is 0 Å². The largest absolute Gasteiger partial charge is 0.341 e. The molecule has 1 atom stereocenters. The molecule has 1 aromatic carbocycles. The number of carbonyl (C=O) groups excluding carboxylic acids is 1. The number of hydrogen-bond acceptors (Lipinski definition) is 2. The van der Waals surface area contributed by atoms with Gasteiger partial charge in [0.2, 0.25) is 5.91 Å². The zero-order valence-electron chi connectivity index (χ0n) is 12.1. The summed E-state index contributed by atoms with van der Waals surface area (Å²) in [5, 5.41) is 3.96. The van der Waals surface area contributed by atoms with Gasteiger partial charge in [0.15, 0.2) is 0 Å². The molecular weight excluding hydrogens is 295 g/mol. The number of carbonyl (C=O) groups is 1. The number of likely N-dealkylation sites (N-methyl/N-ethyl adjacent to an activating group) is 1. The van der Waals surface area contributed by atoms with Crippen molar-refractivity contribution in [1.29, 1.82) is 0 Å². The van der Waals surface area contributed by atoms with Crippen molar-refractivity contribution < 1.29 is 4.79 Å². The van der Waals surface area contributed by atoms with E-state index in [4.69, 9.17) is 11.6 Å². The Morgan fingerprint density at radius 1 is 1.45 bits per heavy atom. The second kappa shape index (κ2) is 6.79. The molecule has 0 bridgehead atoms. The first-order chi connectivity index (χ1) is 8.93. The van der Waals surface area contributed by atoms with E-state index in [1.165, 1.54) is 0 Å². The first-order valence-electron chi connectivity index (χ1n) is 6.67. The minimum absolute atomic E-state index is 0. The van der Waals surface area contributed by atoms with Crippen molar-refractivity contribution in [2.75, 3.05) is 20.1 Å². The molecule has 1 fully saturated rings. The summed E-state index contributed by atoms with van der Waals surface area (Å²) >= 11 is 6.03. The Bertz CT molecular complexity index is 471. The molecule has 1 N–H and O–H groups in total. The molecule has 1 unspecified atom stereocenters. The van der Waals surface area contributed by atoms with Gasteiger partial charge in [0.1, 0.15) is 0 Å². The van der Waals surface area contributed by atoms with Crippen LogP contribution in [0.5, 0.6) is 0 Å². The van der Waals surface area contributed by atoms with Gasteiger partial charge >= 0.3 is 0 Å². The molecule has 1 aliphatic heterocycles. The Morgan fingerprint density at radius 3 is 2.70 bits per heavy atom. The number of nitrogens with zero attached hydrogens (tertiary/aromatic N) is 1. The molecule has 5 heteroatoms. The van der Waals surface area contributed by atoms with Crippen LogP contribution in [-0.4, -0.2) is 37.0 Å². The number of hydrogen-bond donors (Lipinski definition) is 1. The third-order valence-electron chi connectivity index (χ3n) is 3.98. The minimum Gasteiger partial charge on any atom is -0.341 e. The summed E-state index contributed by atoms with van der Waals surface area (Å²) in [7, 11) is 1.90. The van der Waals surface area contributed by atoms with Gasteiger partial charge in [0, 0.05) is 24.7 Å². The molecular formula is C15H22Cl2N2O. The lowest BCUT2D eigenvalue weighted by Gasteiger charge is -2.33. The maximum absolute atomic E-state index is 12.7. The van der Waals surface area contributed by atoms with E-state index in [0.717, 1.165) is 25.1 Å². The lowest BCUT2D eigenvalue weighted by Crippen LogP contribution is -2.47. The molecule has 1 amide bonds. The quantitative estimate of drug-likeness (QED) is 0.930. The highest BCUT2D eigenvalue weighted by atomic mass is 35.5. The molecule has 1 aromatic rings. The molecule has 1 heterocycles. The number of benzene rings is 1. The lowest BCUT2D eigenvalue weighted by molar-refractivity contribution is -0.136. The summed E-state index contributed by atoms with van der Waals surface area (Å²) in [4.78, 5) is 14.6. The summed E-state index contributed by atoms with van der Waals surface area (Å²) < 4.78 is 0. The molecule has 0 aliphatic carbocycles. The Balaban J connectivity index is 0.00000200. The standard InChI is InChI=1S/C15H21ClN2O.ClH/c1-15(2,11-5-4-6-12(16)9-11)14(19)18(3)13-7-8-17-10-13;/h4-6,9,13,17H,7-8,10H2,1-3H3;1H. The molecule has 0 spiro atoms. The molecule has 0 aromatic heterocycles. The van der Waals surface area contributed by atoms with Gasteiger partial charge in [-0.25, -0.2) is 0 Å². The predicted molar refractivity (Wildman–Crippen MR) is 85.8 cm³/mol. The Hall–Kier alpha value is -0.770. The average molecular weight is 317 g/mol. The number of nitrogens with one attached hydrogen (secondary N) is 1. The topological polar surface area (TPSA) is 32.3 Å². The van der Waals surface area contributed by atoms with Crippen LogP contribution in [-0.2, 0) is 10.2 Å². The average Bonchev–Trinajstić information content (AvgIpc) is 2.90. The van der Waals surface area contributed by atoms with Crippen molar-refractivity contribution in [1.82, 2.24) is 10.2 Å². The Morgan fingerprint density at radius 2 is 2.15 bits per heavy atom. The molecule has 1 aliphatic rings. The smallest absolute Gasteiger partial charge is 0.232 e.